The van der Waals surface area contributed by atoms with Gasteiger partial charge in [-0.3, -0.25) is 14.5 Å². The molecule has 0 aliphatic carbocycles. The Balaban J connectivity index is 1.84. The maximum absolute atomic E-state index is 12.7. The van der Waals surface area contributed by atoms with Crippen molar-refractivity contribution in [1.29, 1.82) is 0 Å². The van der Waals surface area contributed by atoms with Crippen LogP contribution < -0.4 is 15.0 Å². The third-order valence-electron chi connectivity index (χ3n) is 3.67. The number of aryl methyl sites for hydroxylation is 1. The lowest BCUT2D eigenvalue weighted by Gasteiger charge is -2.28. The van der Waals surface area contributed by atoms with Crippen LogP contribution in [0, 0.1) is 6.92 Å². The zero-order valence-electron chi connectivity index (χ0n) is 13.6. The highest BCUT2D eigenvalue weighted by molar-refractivity contribution is 6.09. The smallest absolute Gasteiger partial charge is 0.244 e. The molecule has 7 nitrogen and oxygen atoms in total. The summed E-state index contributed by atoms with van der Waals surface area (Å²) in [6.45, 7) is 4.19. The molecule has 0 saturated heterocycles. The highest BCUT2D eigenvalue weighted by Gasteiger charge is 2.29. The number of aromatic nitrogens is 2. The molecule has 0 radical (unpaired) electrons. The van der Waals surface area contributed by atoms with Gasteiger partial charge in [0.1, 0.15) is 6.54 Å². The normalized spacial score (nSPS) is 13.2. The van der Waals surface area contributed by atoms with Crippen LogP contribution in [-0.4, -0.2) is 34.9 Å². The van der Waals surface area contributed by atoms with Gasteiger partial charge >= 0.3 is 0 Å². The standard InChI is InChI=1S/C17H18N4O3/c1-3-24-14-6-4-5-12(19-14)9-15(23)21-10-13(22)20-16-11(2)7-8-18-17(16)21/h4-8H,3,9-10H2,1-2H3,(H,20,22). The van der Waals surface area contributed by atoms with Gasteiger partial charge in [-0.15, -0.1) is 0 Å². The van der Waals surface area contributed by atoms with Gasteiger partial charge < -0.3 is 10.1 Å². The van der Waals surface area contributed by atoms with E-state index in [0.717, 1.165) is 5.56 Å². The van der Waals surface area contributed by atoms with Gasteiger partial charge in [-0.1, -0.05) is 6.07 Å². The topological polar surface area (TPSA) is 84.4 Å². The fourth-order valence-corrected chi connectivity index (χ4v) is 2.54. The molecule has 2 amide bonds. The number of ether oxygens (including phenoxy) is 1. The van der Waals surface area contributed by atoms with Crippen LogP contribution in [0.4, 0.5) is 11.5 Å². The monoisotopic (exact) mass is 326 g/mol. The van der Waals surface area contributed by atoms with Crippen molar-refractivity contribution in [2.24, 2.45) is 0 Å². The van der Waals surface area contributed by atoms with E-state index in [2.05, 4.69) is 15.3 Å². The molecule has 1 aliphatic rings. The Labute approximate surface area is 139 Å². The minimum atomic E-state index is -0.233. The second kappa shape index (κ2) is 6.66. The maximum Gasteiger partial charge on any atom is 0.244 e. The number of pyridine rings is 2. The minimum Gasteiger partial charge on any atom is -0.478 e. The first kappa shape index (κ1) is 15.9. The number of carbonyl (C=O) groups excluding carboxylic acids is 2. The zero-order valence-corrected chi connectivity index (χ0v) is 13.6. The predicted molar refractivity (Wildman–Crippen MR) is 89.1 cm³/mol. The van der Waals surface area contributed by atoms with E-state index in [0.29, 0.717) is 29.7 Å². The number of rotatable bonds is 4. The van der Waals surface area contributed by atoms with Gasteiger partial charge in [0.2, 0.25) is 17.7 Å². The lowest BCUT2D eigenvalue weighted by Crippen LogP contribution is -2.43. The molecular formula is C17H18N4O3. The Morgan fingerprint density at radius 3 is 3.00 bits per heavy atom. The summed E-state index contributed by atoms with van der Waals surface area (Å²) in [5.74, 6) is 0.488. The summed E-state index contributed by atoms with van der Waals surface area (Å²) >= 11 is 0. The molecule has 0 spiro atoms. The Morgan fingerprint density at radius 2 is 2.21 bits per heavy atom. The Hall–Kier alpha value is -2.96. The van der Waals surface area contributed by atoms with Crippen molar-refractivity contribution < 1.29 is 14.3 Å². The van der Waals surface area contributed by atoms with Gasteiger partial charge in [0, 0.05) is 12.3 Å². The van der Waals surface area contributed by atoms with Gasteiger partial charge in [0.25, 0.3) is 0 Å². The molecule has 0 fully saturated rings. The molecular weight excluding hydrogens is 308 g/mol. The van der Waals surface area contributed by atoms with Crippen molar-refractivity contribution in [3.05, 3.63) is 41.7 Å². The van der Waals surface area contributed by atoms with Crippen molar-refractivity contribution >= 4 is 23.3 Å². The summed E-state index contributed by atoms with van der Waals surface area (Å²) in [4.78, 5) is 34.5. The lowest BCUT2D eigenvalue weighted by molar-refractivity contribution is -0.121. The van der Waals surface area contributed by atoms with E-state index >= 15 is 0 Å². The van der Waals surface area contributed by atoms with Gasteiger partial charge in [-0.25, -0.2) is 9.97 Å². The molecule has 2 aromatic rings. The molecule has 24 heavy (non-hydrogen) atoms. The first-order chi connectivity index (χ1) is 11.6. The van der Waals surface area contributed by atoms with Crippen molar-refractivity contribution in [2.75, 3.05) is 23.4 Å². The number of fused-ring (bicyclic) bond motifs is 1. The molecule has 0 unspecified atom stereocenters. The summed E-state index contributed by atoms with van der Waals surface area (Å²) < 4.78 is 5.35. The number of carbonyl (C=O) groups is 2. The molecule has 0 bridgehead atoms. The zero-order chi connectivity index (χ0) is 17.1. The van der Waals surface area contributed by atoms with Gasteiger partial charge in [-0.05, 0) is 31.5 Å². The number of hydrogen-bond donors (Lipinski definition) is 1. The second-order valence-corrected chi connectivity index (χ2v) is 5.43. The summed E-state index contributed by atoms with van der Waals surface area (Å²) in [5.41, 5.74) is 2.03. The Kier molecular flexibility index (Phi) is 4.41. The van der Waals surface area contributed by atoms with Crippen molar-refractivity contribution in [2.45, 2.75) is 20.3 Å². The Morgan fingerprint density at radius 1 is 1.38 bits per heavy atom. The molecule has 124 valence electrons. The molecule has 0 aromatic carbocycles. The fourth-order valence-electron chi connectivity index (χ4n) is 2.54. The molecule has 0 saturated carbocycles. The number of nitrogens with zero attached hydrogens (tertiary/aromatic N) is 3. The summed E-state index contributed by atoms with van der Waals surface area (Å²) in [6.07, 6.45) is 1.70. The van der Waals surface area contributed by atoms with Gasteiger partial charge in [-0.2, -0.15) is 0 Å². The Bertz CT molecular complexity index is 791. The van der Waals surface area contributed by atoms with E-state index in [-0.39, 0.29) is 24.8 Å². The predicted octanol–water partition coefficient (Wildman–Crippen LogP) is 1.71. The van der Waals surface area contributed by atoms with Crippen LogP contribution >= 0.6 is 0 Å². The van der Waals surface area contributed by atoms with Crippen LogP contribution in [0.25, 0.3) is 0 Å². The van der Waals surface area contributed by atoms with E-state index < -0.39 is 0 Å². The molecule has 1 N–H and O–H groups in total. The third-order valence-corrected chi connectivity index (χ3v) is 3.67. The van der Waals surface area contributed by atoms with E-state index in [9.17, 15) is 9.59 Å². The molecule has 3 rings (SSSR count). The van der Waals surface area contributed by atoms with Crippen LogP contribution in [0.5, 0.6) is 5.88 Å². The van der Waals surface area contributed by atoms with E-state index in [4.69, 9.17) is 4.74 Å². The molecule has 1 aliphatic heterocycles. The van der Waals surface area contributed by atoms with Crippen LogP contribution in [-0.2, 0) is 16.0 Å². The van der Waals surface area contributed by atoms with E-state index in [1.807, 2.05) is 13.8 Å². The summed E-state index contributed by atoms with van der Waals surface area (Å²) in [5, 5.41) is 2.77. The number of nitrogens with one attached hydrogen (secondary N) is 1. The second-order valence-electron chi connectivity index (χ2n) is 5.43. The first-order valence-corrected chi connectivity index (χ1v) is 7.73. The third kappa shape index (κ3) is 3.19. The lowest BCUT2D eigenvalue weighted by atomic mass is 10.1. The van der Waals surface area contributed by atoms with Gasteiger partial charge in [0.05, 0.1) is 24.4 Å². The largest absolute Gasteiger partial charge is 0.478 e. The first-order valence-electron chi connectivity index (χ1n) is 7.73. The van der Waals surface area contributed by atoms with Crippen LogP contribution in [0.3, 0.4) is 0 Å². The summed E-state index contributed by atoms with van der Waals surface area (Å²) in [7, 11) is 0. The highest BCUT2D eigenvalue weighted by Crippen LogP contribution is 2.30. The highest BCUT2D eigenvalue weighted by atomic mass is 16.5. The average Bonchev–Trinajstić information content (AvgIpc) is 2.56. The van der Waals surface area contributed by atoms with Gasteiger partial charge in [0.15, 0.2) is 5.82 Å². The van der Waals surface area contributed by atoms with Crippen LogP contribution in [0.1, 0.15) is 18.2 Å². The minimum absolute atomic E-state index is 0.0482. The molecule has 3 heterocycles. The molecule has 0 atom stereocenters. The molecule has 7 heteroatoms. The fraction of sp³-hybridized carbons (Fsp3) is 0.294. The van der Waals surface area contributed by atoms with Crippen LogP contribution in [0.15, 0.2) is 30.5 Å². The van der Waals surface area contributed by atoms with Crippen molar-refractivity contribution in [1.82, 2.24) is 9.97 Å². The van der Waals surface area contributed by atoms with E-state index in [1.165, 1.54) is 4.90 Å². The maximum atomic E-state index is 12.7. The van der Waals surface area contributed by atoms with E-state index in [1.54, 1.807) is 30.5 Å². The SMILES string of the molecule is CCOc1cccc(CC(=O)N2CC(=O)Nc3c(C)ccnc32)n1. The van der Waals surface area contributed by atoms with Crippen LogP contribution in [0.2, 0.25) is 0 Å². The van der Waals surface area contributed by atoms with Crippen molar-refractivity contribution in [3.8, 4) is 5.88 Å². The quantitative estimate of drug-likeness (QED) is 0.924. The number of amides is 2. The number of hydrogen-bond acceptors (Lipinski definition) is 5. The molecule has 2 aromatic heterocycles. The van der Waals surface area contributed by atoms with Crippen molar-refractivity contribution in [3.63, 3.8) is 0 Å². The number of anilines is 2. The average molecular weight is 326 g/mol. The summed E-state index contributed by atoms with van der Waals surface area (Å²) in [6, 6.07) is 7.08.